The summed E-state index contributed by atoms with van der Waals surface area (Å²) in [6.45, 7) is -0.110. The Bertz CT molecular complexity index is 172. The second-order valence-electron chi connectivity index (χ2n) is 3.56. The predicted molar refractivity (Wildman–Crippen MR) is 48.1 cm³/mol. The van der Waals surface area contributed by atoms with Gasteiger partial charge in [-0.1, -0.05) is 0 Å². The monoisotopic (exact) mass is 187 g/mol. The van der Waals surface area contributed by atoms with Crippen LogP contribution in [0.3, 0.4) is 0 Å². The maximum Gasteiger partial charge on any atom is 0.222 e. The molecule has 0 radical (unpaired) electrons. The molecule has 0 saturated heterocycles. The molecule has 0 bridgehead atoms. The first kappa shape index (κ1) is 10.5. The molecule has 2 unspecified atom stereocenters. The lowest BCUT2D eigenvalue weighted by Gasteiger charge is -2.26. The van der Waals surface area contributed by atoms with E-state index in [0.717, 1.165) is 19.3 Å². The summed E-state index contributed by atoms with van der Waals surface area (Å²) >= 11 is 0. The van der Waals surface area contributed by atoms with Crippen LogP contribution in [0.4, 0.5) is 0 Å². The van der Waals surface area contributed by atoms with Gasteiger partial charge in [0.1, 0.15) is 0 Å². The van der Waals surface area contributed by atoms with Gasteiger partial charge in [-0.25, -0.2) is 0 Å². The van der Waals surface area contributed by atoms with Crippen LogP contribution in [0.2, 0.25) is 0 Å². The first-order valence-corrected chi connectivity index (χ1v) is 4.80. The molecule has 1 amide bonds. The van der Waals surface area contributed by atoms with Crippen molar-refractivity contribution >= 4 is 5.91 Å². The molecule has 0 aromatic carbocycles. The molecule has 1 aliphatic carbocycles. The summed E-state index contributed by atoms with van der Waals surface area (Å²) < 4.78 is 0. The molecule has 0 heterocycles. The summed E-state index contributed by atoms with van der Waals surface area (Å²) in [6, 6.07) is 0.0998. The predicted octanol–water partition coefficient (Wildman–Crippen LogP) is -0.212. The minimum atomic E-state index is -0.270. The van der Waals surface area contributed by atoms with Gasteiger partial charge in [-0.05, 0) is 25.7 Å². The average Bonchev–Trinajstić information content (AvgIpc) is 2.04. The van der Waals surface area contributed by atoms with E-state index in [1.54, 1.807) is 0 Å². The topological polar surface area (TPSA) is 69.6 Å². The lowest BCUT2D eigenvalue weighted by atomic mass is 9.93. The van der Waals surface area contributed by atoms with E-state index < -0.39 is 0 Å². The third-order valence-electron chi connectivity index (χ3n) is 2.35. The van der Waals surface area contributed by atoms with Crippen molar-refractivity contribution < 1.29 is 15.0 Å². The minimum Gasteiger partial charge on any atom is -0.396 e. The van der Waals surface area contributed by atoms with Crippen molar-refractivity contribution in [3.63, 3.8) is 0 Å². The van der Waals surface area contributed by atoms with Crippen LogP contribution >= 0.6 is 0 Å². The van der Waals surface area contributed by atoms with E-state index in [9.17, 15) is 9.90 Å². The first-order valence-electron chi connectivity index (χ1n) is 4.80. The number of amides is 1. The average molecular weight is 187 g/mol. The molecule has 76 valence electrons. The lowest BCUT2D eigenvalue weighted by Crippen LogP contribution is -2.39. The third kappa shape index (κ3) is 3.74. The molecule has 0 spiro atoms. The summed E-state index contributed by atoms with van der Waals surface area (Å²) in [7, 11) is 0. The Labute approximate surface area is 78.0 Å². The summed E-state index contributed by atoms with van der Waals surface area (Å²) in [5.41, 5.74) is 0. The van der Waals surface area contributed by atoms with Gasteiger partial charge in [-0.15, -0.1) is 0 Å². The molecule has 0 aromatic rings. The molecule has 0 aliphatic heterocycles. The van der Waals surface area contributed by atoms with Crippen LogP contribution in [0, 0.1) is 0 Å². The summed E-state index contributed by atoms with van der Waals surface area (Å²) in [5.74, 6) is -0.124. The highest BCUT2D eigenvalue weighted by Gasteiger charge is 2.20. The number of nitrogens with one attached hydrogen (secondary N) is 1. The van der Waals surface area contributed by atoms with Gasteiger partial charge in [-0.3, -0.25) is 4.79 Å². The fraction of sp³-hybridized carbons (Fsp3) is 0.889. The molecule has 2 atom stereocenters. The van der Waals surface area contributed by atoms with Gasteiger partial charge in [-0.2, -0.15) is 0 Å². The number of carbonyl (C=O) groups is 1. The maximum atomic E-state index is 11.1. The number of hydrogen-bond donors (Lipinski definition) is 3. The van der Waals surface area contributed by atoms with Crippen LogP contribution in [-0.4, -0.2) is 34.9 Å². The molecular formula is C9H17NO3. The van der Waals surface area contributed by atoms with Gasteiger partial charge in [0.2, 0.25) is 5.91 Å². The van der Waals surface area contributed by atoms with E-state index >= 15 is 0 Å². The normalized spacial score (nSPS) is 28.5. The molecule has 3 N–H and O–H groups in total. The molecule has 4 nitrogen and oxygen atoms in total. The van der Waals surface area contributed by atoms with Crippen LogP contribution < -0.4 is 5.32 Å². The Balaban J connectivity index is 2.23. The van der Waals surface area contributed by atoms with Crippen molar-refractivity contribution in [2.75, 3.05) is 6.61 Å². The Hall–Kier alpha value is -0.610. The van der Waals surface area contributed by atoms with E-state index in [2.05, 4.69) is 5.32 Å². The highest BCUT2D eigenvalue weighted by Crippen LogP contribution is 2.18. The summed E-state index contributed by atoms with van der Waals surface area (Å²) in [5, 5.41) is 20.6. The molecule has 4 heteroatoms. The SMILES string of the molecule is O=C(CCO)NC1CCCC(O)C1. The molecular weight excluding hydrogens is 170 g/mol. The molecule has 13 heavy (non-hydrogen) atoms. The van der Waals surface area contributed by atoms with Gasteiger partial charge in [0, 0.05) is 12.5 Å². The lowest BCUT2D eigenvalue weighted by molar-refractivity contribution is -0.122. The standard InChI is InChI=1S/C9H17NO3/c11-5-4-9(13)10-7-2-1-3-8(12)6-7/h7-8,11-12H,1-6H2,(H,10,13). The van der Waals surface area contributed by atoms with Crippen molar-refractivity contribution in [3.05, 3.63) is 0 Å². The molecule has 1 aliphatic rings. The Morgan fingerprint density at radius 2 is 2.23 bits per heavy atom. The largest absolute Gasteiger partial charge is 0.396 e. The smallest absolute Gasteiger partial charge is 0.222 e. The van der Waals surface area contributed by atoms with Gasteiger partial charge >= 0.3 is 0 Å². The van der Waals surface area contributed by atoms with Crippen LogP contribution in [0.25, 0.3) is 0 Å². The van der Waals surface area contributed by atoms with Gasteiger partial charge < -0.3 is 15.5 Å². The third-order valence-corrected chi connectivity index (χ3v) is 2.35. The molecule has 0 aromatic heterocycles. The zero-order valence-corrected chi connectivity index (χ0v) is 7.70. The number of hydrogen-bond acceptors (Lipinski definition) is 3. The van der Waals surface area contributed by atoms with Crippen molar-refractivity contribution in [2.45, 2.75) is 44.2 Å². The quantitative estimate of drug-likeness (QED) is 0.572. The second kappa shape index (κ2) is 5.19. The van der Waals surface area contributed by atoms with Crippen molar-refractivity contribution in [3.8, 4) is 0 Å². The van der Waals surface area contributed by atoms with Crippen LogP contribution in [-0.2, 0) is 4.79 Å². The Kier molecular flexibility index (Phi) is 4.18. The van der Waals surface area contributed by atoms with Gasteiger partial charge in [0.25, 0.3) is 0 Å². The van der Waals surface area contributed by atoms with E-state index in [1.807, 2.05) is 0 Å². The fourth-order valence-electron chi connectivity index (χ4n) is 1.70. The second-order valence-corrected chi connectivity index (χ2v) is 3.56. The number of carbonyl (C=O) groups excluding carboxylic acids is 1. The Morgan fingerprint density at radius 1 is 1.46 bits per heavy atom. The zero-order valence-electron chi connectivity index (χ0n) is 7.70. The van der Waals surface area contributed by atoms with Crippen LogP contribution in [0.15, 0.2) is 0 Å². The van der Waals surface area contributed by atoms with Gasteiger partial charge in [0.15, 0.2) is 0 Å². The van der Waals surface area contributed by atoms with Crippen molar-refractivity contribution in [1.29, 1.82) is 0 Å². The zero-order chi connectivity index (χ0) is 9.68. The van der Waals surface area contributed by atoms with Gasteiger partial charge in [0.05, 0.1) is 12.7 Å². The molecule has 1 saturated carbocycles. The van der Waals surface area contributed by atoms with E-state index in [4.69, 9.17) is 5.11 Å². The maximum absolute atomic E-state index is 11.1. The molecule has 1 rings (SSSR count). The summed E-state index contributed by atoms with van der Waals surface area (Å²) in [4.78, 5) is 11.1. The highest BCUT2D eigenvalue weighted by atomic mass is 16.3. The Morgan fingerprint density at radius 3 is 2.85 bits per heavy atom. The molecule has 1 fully saturated rings. The van der Waals surface area contributed by atoms with Crippen LogP contribution in [0.5, 0.6) is 0 Å². The van der Waals surface area contributed by atoms with E-state index in [1.165, 1.54) is 0 Å². The number of aliphatic hydroxyl groups excluding tert-OH is 2. The number of rotatable bonds is 3. The highest BCUT2D eigenvalue weighted by molar-refractivity contribution is 5.76. The van der Waals surface area contributed by atoms with E-state index in [0.29, 0.717) is 6.42 Å². The van der Waals surface area contributed by atoms with Crippen molar-refractivity contribution in [1.82, 2.24) is 5.32 Å². The summed E-state index contributed by atoms with van der Waals surface area (Å²) in [6.07, 6.45) is 3.28. The van der Waals surface area contributed by atoms with E-state index in [-0.39, 0.29) is 31.1 Å². The van der Waals surface area contributed by atoms with Crippen molar-refractivity contribution in [2.24, 2.45) is 0 Å². The number of aliphatic hydroxyl groups is 2. The first-order chi connectivity index (χ1) is 6.22. The minimum absolute atomic E-state index is 0.0998. The fourth-order valence-corrected chi connectivity index (χ4v) is 1.70. The van der Waals surface area contributed by atoms with Crippen LogP contribution in [0.1, 0.15) is 32.1 Å².